The molecule has 2 N–H and O–H groups in total. The molecule has 0 aromatic heterocycles. The smallest absolute Gasteiger partial charge is 0.550 e. The number of benzene rings is 1. The van der Waals surface area contributed by atoms with Crippen molar-refractivity contribution < 1.29 is 49.0 Å². The molecule has 1 aliphatic carbocycles. The van der Waals surface area contributed by atoms with Gasteiger partial charge in [-0.15, -0.1) is 0 Å². The Hall–Kier alpha value is -1.37. The van der Waals surface area contributed by atoms with Gasteiger partial charge in [-0.05, 0) is 24.0 Å². The Bertz CT molecular complexity index is 604. The molecule has 25 heavy (non-hydrogen) atoms. The third-order valence-corrected chi connectivity index (χ3v) is 4.44. The second-order valence-corrected chi connectivity index (χ2v) is 6.26. The fraction of sp³-hybridized carbons (Fsp3) is 0.500. The van der Waals surface area contributed by atoms with E-state index in [1.165, 1.54) is 6.92 Å². The Balaban J connectivity index is 0.00000312. The van der Waals surface area contributed by atoms with Crippen LogP contribution < -0.4 is 45.3 Å². The first-order valence-corrected chi connectivity index (χ1v) is 8.28. The summed E-state index contributed by atoms with van der Waals surface area (Å²) in [5.41, 5.74) is 1.90. The molecular formula is C18H23N2NaO4. The van der Waals surface area contributed by atoms with E-state index in [4.69, 9.17) is 0 Å². The zero-order chi connectivity index (χ0) is 17.5. The molecule has 1 aromatic rings. The van der Waals surface area contributed by atoms with Crippen molar-refractivity contribution in [3.8, 4) is 0 Å². The van der Waals surface area contributed by atoms with Crippen LogP contribution in [0.1, 0.15) is 43.7 Å². The first kappa shape index (κ1) is 21.7. The maximum absolute atomic E-state index is 12.3. The third-order valence-electron chi connectivity index (χ3n) is 4.44. The maximum atomic E-state index is 12.3. The molecule has 1 saturated carbocycles. The van der Waals surface area contributed by atoms with Crippen molar-refractivity contribution in [3.63, 3.8) is 0 Å². The van der Waals surface area contributed by atoms with E-state index in [-0.39, 0.29) is 41.4 Å². The molecule has 0 radical (unpaired) electrons. The van der Waals surface area contributed by atoms with Crippen LogP contribution in [0.4, 0.5) is 0 Å². The van der Waals surface area contributed by atoms with Crippen molar-refractivity contribution in [2.75, 3.05) is 0 Å². The maximum Gasteiger partial charge on any atom is 1.00 e. The van der Waals surface area contributed by atoms with Gasteiger partial charge >= 0.3 is 29.6 Å². The van der Waals surface area contributed by atoms with Crippen molar-refractivity contribution in [2.45, 2.75) is 45.7 Å². The number of carboxylic acids is 1. The largest absolute Gasteiger partial charge is 1.00 e. The standard InChI is InChI=1S/C18H24N2O4.Na/c1-12(21)19-10-13-6-8-14(9-7-13)11-20-17(22)15-4-2-3-5-16(15)18(23)24;/h6-9,15-16H,2-5,10-11H2,1H3,(H,19,21)(H,20,22)(H,23,24);/q;+1/p-1/t15-,16+;/m1./s1. The van der Waals surface area contributed by atoms with Gasteiger partial charge in [0.15, 0.2) is 0 Å². The molecule has 0 saturated heterocycles. The number of hydrogen-bond donors (Lipinski definition) is 2. The second-order valence-electron chi connectivity index (χ2n) is 6.26. The monoisotopic (exact) mass is 354 g/mol. The van der Waals surface area contributed by atoms with Crippen molar-refractivity contribution >= 4 is 17.8 Å². The molecule has 2 atom stereocenters. The van der Waals surface area contributed by atoms with Crippen molar-refractivity contribution in [1.82, 2.24) is 10.6 Å². The van der Waals surface area contributed by atoms with E-state index in [1.807, 2.05) is 24.3 Å². The van der Waals surface area contributed by atoms with Gasteiger partial charge in [0.05, 0.1) is 0 Å². The fourth-order valence-electron chi connectivity index (χ4n) is 3.05. The minimum atomic E-state index is -1.13. The van der Waals surface area contributed by atoms with Gasteiger partial charge in [0.1, 0.15) is 0 Å². The van der Waals surface area contributed by atoms with E-state index in [9.17, 15) is 19.5 Å². The molecule has 0 aliphatic heterocycles. The van der Waals surface area contributed by atoms with Crippen LogP contribution >= 0.6 is 0 Å². The van der Waals surface area contributed by atoms with E-state index in [0.29, 0.717) is 25.9 Å². The average Bonchev–Trinajstić information content (AvgIpc) is 2.58. The molecule has 0 bridgehead atoms. The van der Waals surface area contributed by atoms with E-state index in [2.05, 4.69) is 10.6 Å². The van der Waals surface area contributed by atoms with Gasteiger partial charge in [-0.3, -0.25) is 9.59 Å². The van der Waals surface area contributed by atoms with Gasteiger partial charge in [-0.25, -0.2) is 0 Å². The number of aliphatic carboxylic acids is 1. The number of rotatable bonds is 6. The zero-order valence-electron chi connectivity index (χ0n) is 14.8. The van der Waals surface area contributed by atoms with Crippen LogP contribution in [-0.2, 0) is 27.5 Å². The predicted molar refractivity (Wildman–Crippen MR) is 86.3 cm³/mol. The quantitative estimate of drug-likeness (QED) is 0.552. The van der Waals surface area contributed by atoms with Gasteiger partial charge in [-0.2, -0.15) is 0 Å². The zero-order valence-corrected chi connectivity index (χ0v) is 16.8. The topological polar surface area (TPSA) is 98.3 Å². The molecule has 7 heteroatoms. The fourth-order valence-corrected chi connectivity index (χ4v) is 3.05. The summed E-state index contributed by atoms with van der Waals surface area (Å²) in [4.78, 5) is 34.3. The molecule has 2 rings (SSSR count). The van der Waals surface area contributed by atoms with E-state index in [0.717, 1.165) is 24.0 Å². The van der Waals surface area contributed by atoms with Crippen LogP contribution in [0.3, 0.4) is 0 Å². The van der Waals surface area contributed by atoms with E-state index >= 15 is 0 Å². The summed E-state index contributed by atoms with van der Waals surface area (Å²) in [6.07, 6.45) is 2.82. The molecule has 2 amide bonds. The summed E-state index contributed by atoms with van der Waals surface area (Å²) < 4.78 is 0. The van der Waals surface area contributed by atoms with Crippen LogP contribution in [-0.4, -0.2) is 17.8 Å². The van der Waals surface area contributed by atoms with Gasteiger partial charge in [0, 0.05) is 37.8 Å². The summed E-state index contributed by atoms with van der Waals surface area (Å²) in [6, 6.07) is 7.55. The van der Waals surface area contributed by atoms with Gasteiger partial charge in [0.25, 0.3) is 0 Å². The van der Waals surface area contributed by atoms with E-state index in [1.54, 1.807) is 0 Å². The molecule has 1 fully saturated rings. The Kier molecular flexibility index (Phi) is 9.17. The van der Waals surface area contributed by atoms with Crippen LogP contribution in [0.15, 0.2) is 24.3 Å². The summed E-state index contributed by atoms with van der Waals surface area (Å²) in [5.74, 6) is -2.61. The molecule has 6 nitrogen and oxygen atoms in total. The normalized spacial score (nSPS) is 19.4. The predicted octanol–water partition coefficient (Wildman–Crippen LogP) is -2.50. The number of carbonyl (C=O) groups excluding carboxylic acids is 3. The summed E-state index contributed by atoms with van der Waals surface area (Å²) in [5, 5.41) is 16.7. The Morgan fingerprint density at radius 2 is 1.44 bits per heavy atom. The van der Waals surface area contributed by atoms with E-state index < -0.39 is 17.8 Å². The third kappa shape index (κ3) is 6.80. The first-order valence-electron chi connectivity index (χ1n) is 8.28. The minimum absolute atomic E-state index is 0. The van der Waals surface area contributed by atoms with Crippen LogP contribution in [0.5, 0.6) is 0 Å². The Morgan fingerprint density at radius 3 is 1.92 bits per heavy atom. The number of hydrogen-bond acceptors (Lipinski definition) is 4. The van der Waals surface area contributed by atoms with Crippen molar-refractivity contribution in [1.29, 1.82) is 0 Å². The SMILES string of the molecule is CC(=O)NCc1ccc(CNC(=O)[C@@H]2CCCC[C@@H]2C(=O)[O-])cc1.[Na+]. The molecule has 130 valence electrons. The van der Waals surface area contributed by atoms with Gasteiger partial charge in [0.2, 0.25) is 11.8 Å². The summed E-state index contributed by atoms with van der Waals surface area (Å²) >= 11 is 0. The molecule has 0 spiro atoms. The molecule has 1 aromatic carbocycles. The van der Waals surface area contributed by atoms with Crippen LogP contribution in [0, 0.1) is 11.8 Å². The molecular weight excluding hydrogens is 331 g/mol. The van der Waals surface area contributed by atoms with Gasteiger partial charge in [-0.1, -0.05) is 37.1 Å². The summed E-state index contributed by atoms with van der Waals surface area (Å²) in [6.45, 7) is 2.29. The second kappa shape index (κ2) is 10.6. The Labute approximate surface area is 170 Å². The number of carboxylic acid groups (broad SMARTS) is 1. The van der Waals surface area contributed by atoms with Crippen molar-refractivity contribution in [3.05, 3.63) is 35.4 Å². The molecule has 1 aliphatic rings. The Morgan fingerprint density at radius 1 is 0.960 bits per heavy atom. The molecule has 0 unspecified atom stereocenters. The van der Waals surface area contributed by atoms with Crippen LogP contribution in [0.2, 0.25) is 0 Å². The number of amides is 2. The van der Waals surface area contributed by atoms with Crippen molar-refractivity contribution in [2.24, 2.45) is 11.8 Å². The number of carbonyl (C=O) groups is 3. The molecule has 0 heterocycles. The summed E-state index contributed by atoms with van der Waals surface area (Å²) in [7, 11) is 0. The number of nitrogens with one attached hydrogen (secondary N) is 2. The minimum Gasteiger partial charge on any atom is -0.550 e. The average molecular weight is 354 g/mol. The van der Waals surface area contributed by atoms with Gasteiger partial charge < -0.3 is 20.5 Å². The first-order chi connectivity index (χ1) is 11.5. The van der Waals surface area contributed by atoms with Crippen LogP contribution in [0.25, 0.3) is 0 Å².